The minimum absolute atomic E-state index is 0.0791. The number of hydrazone groups is 1. The first-order valence-corrected chi connectivity index (χ1v) is 7.94. The predicted molar refractivity (Wildman–Crippen MR) is 95.6 cm³/mol. The highest BCUT2D eigenvalue weighted by molar-refractivity contribution is 6.06. The molecule has 3 aromatic rings. The Balaban J connectivity index is 1.70. The lowest BCUT2D eigenvalue weighted by Crippen LogP contribution is -2.10. The van der Waals surface area contributed by atoms with Gasteiger partial charge in [-0.15, -0.1) is 0 Å². The van der Waals surface area contributed by atoms with E-state index in [9.17, 15) is 5.11 Å². The van der Waals surface area contributed by atoms with Crippen molar-refractivity contribution in [1.29, 1.82) is 0 Å². The normalized spacial score (nSPS) is 16.7. The number of nitrogens with zero attached hydrogens (tertiary/aromatic N) is 1. The van der Waals surface area contributed by atoms with Crippen molar-refractivity contribution in [3.05, 3.63) is 71.8 Å². The summed E-state index contributed by atoms with van der Waals surface area (Å²) in [4.78, 5) is 0. The molecule has 0 spiro atoms. The van der Waals surface area contributed by atoms with Gasteiger partial charge in [0.15, 0.2) is 0 Å². The van der Waals surface area contributed by atoms with Crippen LogP contribution in [-0.4, -0.2) is 17.9 Å². The summed E-state index contributed by atoms with van der Waals surface area (Å²) in [6, 6.07) is 20.0. The average Bonchev–Trinajstić information content (AvgIpc) is 3.10. The van der Waals surface area contributed by atoms with Crippen LogP contribution in [0.25, 0.3) is 10.8 Å². The second kappa shape index (κ2) is 5.89. The first-order valence-electron chi connectivity index (χ1n) is 7.94. The summed E-state index contributed by atoms with van der Waals surface area (Å²) in [5.74, 6) is 0.822. The van der Waals surface area contributed by atoms with E-state index in [1.807, 2.05) is 12.1 Å². The van der Waals surface area contributed by atoms with Crippen molar-refractivity contribution >= 4 is 16.5 Å². The molecule has 0 radical (unpaired) electrons. The van der Waals surface area contributed by atoms with Crippen LogP contribution < -0.4 is 10.2 Å². The van der Waals surface area contributed by atoms with Gasteiger partial charge in [0.2, 0.25) is 0 Å². The lowest BCUT2D eigenvalue weighted by atomic mass is 9.94. The molecule has 0 aliphatic carbocycles. The fraction of sp³-hybridized carbons (Fsp3) is 0.150. The van der Waals surface area contributed by atoms with Crippen LogP contribution in [0, 0.1) is 0 Å². The minimum Gasteiger partial charge on any atom is -0.507 e. The summed E-state index contributed by atoms with van der Waals surface area (Å²) in [5, 5.41) is 17.1. The molecule has 24 heavy (non-hydrogen) atoms. The zero-order valence-corrected chi connectivity index (χ0v) is 13.4. The van der Waals surface area contributed by atoms with Crippen LogP contribution in [0.3, 0.4) is 0 Å². The Kier molecular flexibility index (Phi) is 3.58. The largest absolute Gasteiger partial charge is 0.507 e. The van der Waals surface area contributed by atoms with E-state index >= 15 is 0 Å². The molecule has 0 unspecified atom stereocenters. The summed E-state index contributed by atoms with van der Waals surface area (Å²) in [6.45, 7) is 0. The van der Waals surface area contributed by atoms with E-state index in [0.717, 1.165) is 5.71 Å². The van der Waals surface area contributed by atoms with Crippen molar-refractivity contribution in [2.75, 3.05) is 7.11 Å². The third-order valence-corrected chi connectivity index (χ3v) is 4.46. The van der Waals surface area contributed by atoms with Gasteiger partial charge in [-0.05, 0) is 28.5 Å². The van der Waals surface area contributed by atoms with Crippen LogP contribution in [0.4, 0.5) is 0 Å². The zero-order valence-electron chi connectivity index (χ0n) is 13.4. The Bertz CT molecular complexity index is 929. The quantitative estimate of drug-likeness (QED) is 0.767. The van der Waals surface area contributed by atoms with Gasteiger partial charge in [0.25, 0.3) is 0 Å². The maximum absolute atomic E-state index is 10.2. The Morgan fingerprint density at radius 2 is 1.83 bits per heavy atom. The van der Waals surface area contributed by atoms with Gasteiger partial charge >= 0.3 is 0 Å². The molecule has 0 saturated carbocycles. The van der Waals surface area contributed by atoms with Crippen LogP contribution >= 0.6 is 0 Å². The number of aromatic hydroxyl groups is 1. The summed E-state index contributed by atoms with van der Waals surface area (Å²) < 4.78 is 5.38. The molecule has 0 fully saturated rings. The SMILES string of the molecule is COc1cccc(O)c1C1=NN[C@@H](c2cccc3ccccc23)C1. The van der Waals surface area contributed by atoms with Crippen molar-refractivity contribution < 1.29 is 9.84 Å². The Morgan fingerprint density at radius 1 is 1.04 bits per heavy atom. The number of nitrogens with one attached hydrogen (secondary N) is 1. The molecule has 1 aliphatic rings. The summed E-state index contributed by atoms with van der Waals surface area (Å²) in [5.41, 5.74) is 5.89. The van der Waals surface area contributed by atoms with Crippen LogP contribution in [0.15, 0.2) is 65.8 Å². The van der Waals surface area contributed by atoms with E-state index in [1.165, 1.54) is 16.3 Å². The van der Waals surface area contributed by atoms with E-state index in [0.29, 0.717) is 17.7 Å². The highest BCUT2D eigenvalue weighted by Gasteiger charge is 2.26. The molecule has 0 aromatic heterocycles. The number of benzene rings is 3. The molecular formula is C20H18N2O2. The smallest absolute Gasteiger partial charge is 0.131 e. The third kappa shape index (κ3) is 2.36. The zero-order chi connectivity index (χ0) is 16.5. The molecule has 1 atom stereocenters. The second-order valence-electron chi connectivity index (χ2n) is 5.87. The molecule has 4 rings (SSSR count). The average molecular weight is 318 g/mol. The van der Waals surface area contributed by atoms with Crippen LogP contribution in [0.5, 0.6) is 11.5 Å². The van der Waals surface area contributed by atoms with Crippen molar-refractivity contribution in [3.8, 4) is 11.5 Å². The molecule has 0 bridgehead atoms. The van der Waals surface area contributed by atoms with E-state index in [1.54, 1.807) is 19.2 Å². The molecular weight excluding hydrogens is 300 g/mol. The van der Waals surface area contributed by atoms with Crippen molar-refractivity contribution in [3.63, 3.8) is 0 Å². The topological polar surface area (TPSA) is 53.9 Å². The molecule has 2 N–H and O–H groups in total. The monoisotopic (exact) mass is 318 g/mol. The van der Waals surface area contributed by atoms with Gasteiger partial charge < -0.3 is 15.3 Å². The molecule has 0 saturated heterocycles. The molecule has 120 valence electrons. The predicted octanol–water partition coefficient (Wildman–Crippen LogP) is 3.99. The molecule has 0 amide bonds. The molecule has 4 heteroatoms. The van der Waals surface area contributed by atoms with Gasteiger partial charge in [0, 0.05) is 6.42 Å². The number of fused-ring (bicyclic) bond motifs is 1. The van der Waals surface area contributed by atoms with Crippen molar-refractivity contribution in [2.45, 2.75) is 12.5 Å². The van der Waals surface area contributed by atoms with E-state index in [-0.39, 0.29) is 11.8 Å². The molecule has 3 aromatic carbocycles. The maximum atomic E-state index is 10.2. The second-order valence-corrected chi connectivity index (χ2v) is 5.87. The Morgan fingerprint density at radius 3 is 2.71 bits per heavy atom. The highest BCUT2D eigenvalue weighted by atomic mass is 16.5. The first kappa shape index (κ1) is 14.6. The van der Waals surface area contributed by atoms with E-state index in [2.05, 4.69) is 46.9 Å². The number of hydrogen-bond acceptors (Lipinski definition) is 4. The first-order chi connectivity index (χ1) is 11.8. The summed E-state index contributed by atoms with van der Waals surface area (Å²) >= 11 is 0. The Labute approximate surface area is 140 Å². The van der Waals surface area contributed by atoms with E-state index < -0.39 is 0 Å². The number of methoxy groups -OCH3 is 1. The van der Waals surface area contributed by atoms with Gasteiger partial charge in [-0.1, -0.05) is 48.5 Å². The number of ether oxygens (including phenoxy) is 1. The number of hydrogen-bond donors (Lipinski definition) is 2. The molecule has 1 heterocycles. The fourth-order valence-corrected chi connectivity index (χ4v) is 3.31. The van der Waals surface area contributed by atoms with Crippen LogP contribution in [0.1, 0.15) is 23.6 Å². The van der Waals surface area contributed by atoms with Gasteiger partial charge in [-0.3, -0.25) is 0 Å². The summed E-state index contributed by atoms with van der Waals surface area (Å²) in [6.07, 6.45) is 0.696. The number of phenols is 1. The Hall–Kier alpha value is -3.01. The fourth-order valence-electron chi connectivity index (χ4n) is 3.31. The van der Waals surface area contributed by atoms with Gasteiger partial charge in [0.1, 0.15) is 11.5 Å². The third-order valence-electron chi connectivity index (χ3n) is 4.46. The molecule has 1 aliphatic heterocycles. The van der Waals surface area contributed by atoms with Gasteiger partial charge in [-0.25, -0.2) is 0 Å². The number of phenolic OH excluding ortho intramolecular Hbond substituents is 1. The minimum atomic E-state index is 0.0791. The van der Waals surface area contributed by atoms with Crippen LogP contribution in [0.2, 0.25) is 0 Å². The summed E-state index contributed by atoms with van der Waals surface area (Å²) in [7, 11) is 1.60. The van der Waals surface area contributed by atoms with Gasteiger partial charge in [-0.2, -0.15) is 5.10 Å². The van der Waals surface area contributed by atoms with Crippen molar-refractivity contribution in [1.82, 2.24) is 5.43 Å². The van der Waals surface area contributed by atoms with Gasteiger partial charge in [0.05, 0.1) is 24.4 Å². The molecule has 4 nitrogen and oxygen atoms in total. The standard InChI is InChI=1S/C20H18N2O2/c1-24-19-11-5-10-18(23)20(19)17-12-16(21-22-17)15-9-4-7-13-6-2-3-8-14(13)15/h2-11,16,21,23H,12H2,1H3/t16-/m1/s1. The van der Waals surface area contributed by atoms with Crippen LogP contribution in [-0.2, 0) is 0 Å². The highest BCUT2D eigenvalue weighted by Crippen LogP contribution is 2.35. The number of rotatable bonds is 3. The lowest BCUT2D eigenvalue weighted by Gasteiger charge is -2.14. The van der Waals surface area contributed by atoms with E-state index in [4.69, 9.17) is 4.74 Å². The maximum Gasteiger partial charge on any atom is 0.131 e. The van der Waals surface area contributed by atoms with Crippen molar-refractivity contribution in [2.24, 2.45) is 5.10 Å². The lowest BCUT2D eigenvalue weighted by molar-refractivity contribution is 0.406.